The van der Waals surface area contributed by atoms with E-state index in [0.717, 1.165) is 0 Å². The predicted octanol–water partition coefficient (Wildman–Crippen LogP) is 3.18. The lowest BCUT2D eigenvalue weighted by Crippen LogP contribution is -1.74. The minimum Gasteiger partial charge on any atom is -0.206 e. The van der Waals surface area contributed by atoms with Crippen LogP contribution < -0.4 is 0 Å². The summed E-state index contributed by atoms with van der Waals surface area (Å²) >= 11 is 0. The molecule has 0 radical (unpaired) electrons. The number of benzene rings is 1. The van der Waals surface area contributed by atoms with E-state index in [9.17, 15) is 4.39 Å². The molecule has 0 spiro atoms. The van der Waals surface area contributed by atoms with Crippen LogP contribution in [0.15, 0.2) is 49.1 Å². The predicted molar refractivity (Wildman–Crippen MR) is 45.7 cm³/mol. The van der Waals surface area contributed by atoms with Crippen molar-refractivity contribution < 1.29 is 4.39 Å². The summed E-state index contributed by atoms with van der Waals surface area (Å²) in [5, 5.41) is 0. The lowest BCUT2D eigenvalue weighted by Gasteiger charge is -1.93. The third-order valence-electron chi connectivity index (χ3n) is 1.31. The molecule has 0 nitrogen and oxygen atoms in total. The van der Waals surface area contributed by atoms with Crippen LogP contribution in [0.4, 0.5) is 4.39 Å². The van der Waals surface area contributed by atoms with Crippen molar-refractivity contribution in [3.8, 4) is 0 Å². The van der Waals surface area contributed by atoms with E-state index in [1.807, 2.05) is 6.07 Å². The van der Waals surface area contributed by atoms with Gasteiger partial charge in [-0.1, -0.05) is 43.0 Å². The van der Waals surface area contributed by atoms with Gasteiger partial charge in [-0.2, -0.15) is 0 Å². The number of halogens is 1. The Labute approximate surface area is 65.7 Å². The molecule has 0 atom stereocenters. The summed E-state index contributed by atoms with van der Waals surface area (Å²) in [5.74, 6) is -0.249. The van der Waals surface area contributed by atoms with Crippen LogP contribution in [-0.4, -0.2) is 0 Å². The Morgan fingerprint density at radius 1 is 1.27 bits per heavy atom. The van der Waals surface area contributed by atoms with E-state index in [2.05, 4.69) is 6.58 Å². The highest BCUT2D eigenvalue weighted by Crippen LogP contribution is 2.14. The van der Waals surface area contributed by atoms with E-state index in [0.29, 0.717) is 5.56 Å². The number of hydrogen-bond acceptors (Lipinski definition) is 0. The molecule has 1 aromatic carbocycles. The van der Waals surface area contributed by atoms with Crippen LogP contribution >= 0.6 is 0 Å². The zero-order valence-corrected chi connectivity index (χ0v) is 6.13. The maximum absolute atomic E-state index is 12.9. The SMILES string of the molecule is C=CC=C(F)c1ccccc1. The molecule has 0 aromatic heterocycles. The summed E-state index contributed by atoms with van der Waals surface area (Å²) in [5.41, 5.74) is 0.590. The summed E-state index contributed by atoms with van der Waals surface area (Å²) < 4.78 is 12.9. The van der Waals surface area contributed by atoms with Gasteiger partial charge in [0.25, 0.3) is 0 Å². The van der Waals surface area contributed by atoms with Crippen LogP contribution in [0.2, 0.25) is 0 Å². The van der Waals surface area contributed by atoms with E-state index >= 15 is 0 Å². The molecule has 0 aliphatic rings. The topological polar surface area (TPSA) is 0 Å². The molecule has 0 saturated heterocycles. The van der Waals surface area contributed by atoms with Crippen molar-refractivity contribution in [1.82, 2.24) is 0 Å². The van der Waals surface area contributed by atoms with Gasteiger partial charge in [0.1, 0.15) is 5.83 Å². The van der Waals surface area contributed by atoms with Crippen LogP contribution in [0.5, 0.6) is 0 Å². The molecule has 11 heavy (non-hydrogen) atoms. The molecule has 0 unspecified atom stereocenters. The molecular formula is C10H9F. The molecule has 0 bridgehead atoms. The first kappa shape index (κ1) is 7.73. The number of allylic oxidation sites excluding steroid dienone is 2. The highest BCUT2D eigenvalue weighted by atomic mass is 19.1. The van der Waals surface area contributed by atoms with E-state index < -0.39 is 0 Å². The van der Waals surface area contributed by atoms with E-state index in [4.69, 9.17) is 0 Å². The Balaban J connectivity index is 2.94. The first-order valence-corrected chi connectivity index (χ1v) is 3.38. The Morgan fingerprint density at radius 2 is 1.91 bits per heavy atom. The zero-order chi connectivity index (χ0) is 8.10. The molecule has 1 heteroatoms. The van der Waals surface area contributed by atoms with Crippen molar-refractivity contribution >= 4 is 5.83 Å². The number of hydrogen-bond donors (Lipinski definition) is 0. The molecule has 0 fully saturated rings. The van der Waals surface area contributed by atoms with Gasteiger partial charge in [-0.3, -0.25) is 0 Å². The third kappa shape index (κ3) is 2.04. The molecule has 1 aromatic rings. The molecular weight excluding hydrogens is 139 g/mol. The van der Waals surface area contributed by atoms with Gasteiger partial charge in [-0.25, -0.2) is 4.39 Å². The van der Waals surface area contributed by atoms with E-state index in [-0.39, 0.29) is 5.83 Å². The summed E-state index contributed by atoms with van der Waals surface area (Å²) in [6.45, 7) is 3.41. The fourth-order valence-electron chi connectivity index (χ4n) is 0.797. The fraction of sp³-hybridized carbons (Fsp3) is 0. The van der Waals surface area contributed by atoms with Gasteiger partial charge in [0.05, 0.1) is 0 Å². The lowest BCUT2D eigenvalue weighted by molar-refractivity contribution is 0.760. The maximum atomic E-state index is 12.9. The van der Waals surface area contributed by atoms with Gasteiger partial charge in [-0.15, -0.1) is 0 Å². The van der Waals surface area contributed by atoms with Gasteiger partial charge in [0, 0.05) is 5.56 Å². The van der Waals surface area contributed by atoms with Crippen LogP contribution in [-0.2, 0) is 0 Å². The number of rotatable bonds is 2. The summed E-state index contributed by atoms with van der Waals surface area (Å²) in [7, 11) is 0. The molecule has 0 heterocycles. The average Bonchev–Trinajstić information content (AvgIpc) is 2.07. The second kappa shape index (κ2) is 3.71. The van der Waals surface area contributed by atoms with Crippen LogP contribution in [0.3, 0.4) is 0 Å². The quantitative estimate of drug-likeness (QED) is 0.565. The van der Waals surface area contributed by atoms with Gasteiger partial charge in [0.15, 0.2) is 0 Å². The zero-order valence-electron chi connectivity index (χ0n) is 6.13. The minimum atomic E-state index is -0.249. The van der Waals surface area contributed by atoms with Crippen LogP contribution in [0, 0.1) is 0 Å². The van der Waals surface area contributed by atoms with Crippen molar-refractivity contribution in [2.75, 3.05) is 0 Å². The standard InChI is InChI=1S/C10H9F/c1-2-6-10(11)9-7-4-3-5-8-9/h2-8H,1H2. The van der Waals surface area contributed by atoms with Gasteiger partial charge in [-0.05, 0) is 6.08 Å². The van der Waals surface area contributed by atoms with Crippen LogP contribution in [0.1, 0.15) is 5.56 Å². The van der Waals surface area contributed by atoms with Crippen molar-refractivity contribution in [1.29, 1.82) is 0 Å². The summed E-state index contributed by atoms with van der Waals surface area (Å²) in [6, 6.07) is 8.88. The minimum absolute atomic E-state index is 0.249. The fourth-order valence-corrected chi connectivity index (χ4v) is 0.797. The lowest BCUT2D eigenvalue weighted by atomic mass is 10.2. The second-order valence-corrected chi connectivity index (χ2v) is 2.12. The highest BCUT2D eigenvalue weighted by Gasteiger charge is 1.94. The van der Waals surface area contributed by atoms with E-state index in [1.54, 1.807) is 24.3 Å². The first-order chi connectivity index (χ1) is 5.34. The monoisotopic (exact) mass is 148 g/mol. The Hall–Kier alpha value is -1.37. The van der Waals surface area contributed by atoms with Gasteiger partial charge in [0.2, 0.25) is 0 Å². The van der Waals surface area contributed by atoms with Crippen molar-refractivity contribution in [3.63, 3.8) is 0 Å². The van der Waals surface area contributed by atoms with Crippen molar-refractivity contribution in [2.45, 2.75) is 0 Å². The maximum Gasteiger partial charge on any atom is 0.130 e. The summed E-state index contributed by atoms with van der Waals surface area (Å²) in [6.07, 6.45) is 2.78. The molecule has 56 valence electrons. The van der Waals surface area contributed by atoms with E-state index in [1.165, 1.54) is 12.2 Å². The average molecular weight is 148 g/mol. The molecule has 1 rings (SSSR count). The summed E-state index contributed by atoms with van der Waals surface area (Å²) in [4.78, 5) is 0. The van der Waals surface area contributed by atoms with Crippen LogP contribution in [0.25, 0.3) is 5.83 Å². The van der Waals surface area contributed by atoms with Gasteiger partial charge >= 0.3 is 0 Å². The molecule has 0 N–H and O–H groups in total. The smallest absolute Gasteiger partial charge is 0.130 e. The molecule has 0 saturated carbocycles. The Morgan fingerprint density at radius 3 is 2.45 bits per heavy atom. The molecule has 0 aliphatic carbocycles. The first-order valence-electron chi connectivity index (χ1n) is 3.38. The molecule has 0 amide bonds. The normalized spacial score (nSPS) is 11.2. The largest absolute Gasteiger partial charge is 0.206 e. The van der Waals surface area contributed by atoms with Crippen molar-refractivity contribution in [2.24, 2.45) is 0 Å². The van der Waals surface area contributed by atoms with Crippen molar-refractivity contribution in [3.05, 3.63) is 54.6 Å². The Bertz CT molecular complexity index is 259. The third-order valence-corrected chi connectivity index (χ3v) is 1.31. The van der Waals surface area contributed by atoms with Gasteiger partial charge < -0.3 is 0 Å². The Kier molecular flexibility index (Phi) is 2.61. The second-order valence-electron chi connectivity index (χ2n) is 2.12. The highest BCUT2D eigenvalue weighted by molar-refractivity contribution is 5.60. The molecule has 0 aliphatic heterocycles.